The highest BCUT2D eigenvalue weighted by molar-refractivity contribution is 7.85. The van der Waals surface area contributed by atoms with Crippen molar-refractivity contribution in [3.05, 3.63) is 41.5 Å². The minimum absolute atomic E-state index is 0.0577. The van der Waals surface area contributed by atoms with E-state index in [2.05, 4.69) is 6.07 Å². The first-order valence-electron chi connectivity index (χ1n) is 5.42. The summed E-state index contributed by atoms with van der Waals surface area (Å²) in [5, 5.41) is 1.85. The molecular weight excluding hydrogens is 236 g/mol. The van der Waals surface area contributed by atoms with Crippen LogP contribution in [0, 0.1) is 6.92 Å². The van der Waals surface area contributed by atoms with Crippen LogP contribution in [0.3, 0.4) is 0 Å². The molecule has 0 aliphatic heterocycles. The summed E-state index contributed by atoms with van der Waals surface area (Å²) in [6.07, 6.45) is 0.896. The fourth-order valence-electron chi connectivity index (χ4n) is 1.98. The molecule has 0 spiro atoms. The Labute approximate surface area is 101 Å². The maximum Gasteiger partial charge on any atom is 0.294 e. The van der Waals surface area contributed by atoms with Gasteiger partial charge in [0.2, 0.25) is 0 Å². The summed E-state index contributed by atoms with van der Waals surface area (Å²) in [5.41, 5.74) is 2.27. The topological polar surface area (TPSA) is 54.4 Å². The largest absolute Gasteiger partial charge is 0.294 e. The molecule has 2 aromatic carbocycles. The van der Waals surface area contributed by atoms with Crippen LogP contribution in [0.25, 0.3) is 10.8 Å². The second-order valence-corrected chi connectivity index (χ2v) is 5.55. The summed E-state index contributed by atoms with van der Waals surface area (Å²) in [4.78, 5) is -0.0577. The number of hydrogen-bond donors (Lipinski definition) is 1. The van der Waals surface area contributed by atoms with Gasteiger partial charge in [-0.2, -0.15) is 8.42 Å². The van der Waals surface area contributed by atoms with E-state index in [0.29, 0.717) is 0 Å². The summed E-state index contributed by atoms with van der Waals surface area (Å²) in [6, 6.07) is 8.72. The average molecular weight is 250 g/mol. The van der Waals surface area contributed by atoms with E-state index in [0.717, 1.165) is 28.3 Å². The third-order valence-corrected chi connectivity index (χ3v) is 3.75. The molecule has 0 unspecified atom stereocenters. The predicted octanol–water partition coefficient (Wildman–Crippen LogP) is 2.96. The first-order valence-corrected chi connectivity index (χ1v) is 6.86. The van der Waals surface area contributed by atoms with E-state index in [-0.39, 0.29) is 4.90 Å². The minimum atomic E-state index is -4.13. The van der Waals surface area contributed by atoms with Crippen molar-refractivity contribution in [1.82, 2.24) is 0 Å². The van der Waals surface area contributed by atoms with Crippen LogP contribution in [0.5, 0.6) is 0 Å². The van der Waals surface area contributed by atoms with Gasteiger partial charge in [-0.15, -0.1) is 0 Å². The lowest BCUT2D eigenvalue weighted by Gasteiger charge is -2.07. The van der Waals surface area contributed by atoms with Gasteiger partial charge in [0, 0.05) is 0 Å². The molecular formula is C13H14O3S. The van der Waals surface area contributed by atoms with Crippen molar-refractivity contribution in [2.75, 3.05) is 0 Å². The quantitative estimate of drug-likeness (QED) is 0.834. The number of rotatable bonds is 2. The standard InChI is InChI=1S/C13H14O3S/c1-3-10-6-9(2)13-5-4-12(17(14,15)16)8-11(13)7-10/h4-8H,3H2,1-2H3,(H,14,15,16). The Morgan fingerprint density at radius 3 is 2.47 bits per heavy atom. The van der Waals surface area contributed by atoms with Crippen LogP contribution in [0.15, 0.2) is 35.2 Å². The van der Waals surface area contributed by atoms with Gasteiger partial charge in [0.15, 0.2) is 0 Å². The maximum absolute atomic E-state index is 11.1. The summed E-state index contributed by atoms with van der Waals surface area (Å²) in [6.45, 7) is 4.04. The van der Waals surface area contributed by atoms with Gasteiger partial charge in [0.05, 0.1) is 4.90 Å². The molecule has 0 saturated carbocycles. The van der Waals surface area contributed by atoms with E-state index in [4.69, 9.17) is 4.55 Å². The molecule has 90 valence electrons. The van der Waals surface area contributed by atoms with Crippen LogP contribution in [-0.2, 0) is 16.5 Å². The van der Waals surface area contributed by atoms with Gasteiger partial charge in [-0.3, -0.25) is 4.55 Å². The van der Waals surface area contributed by atoms with Crippen LogP contribution < -0.4 is 0 Å². The third kappa shape index (κ3) is 2.33. The van der Waals surface area contributed by atoms with Crippen molar-refractivity contribution >= 4 is 20.9 Å². The van der Waals surface area contributed by atoms with Gasteiger partial charge in [0.1, 0.15) is 0 Å². The van der Waals surface area contributed by atoms with Crippen molar-refractivity contribution in [1.29, 1.82) is 0 Å². The summed E-state index contributed by atoms with van der Waals surface area (Å²) < 4.78 is 31.2. The highest BCUT2D eigenvalue weighted by Crippen LogP contribution is 2.24. The van der Waals surface area contributed by atoms with Crippen LogP contribution in [0.1, 0.15) is 18.1 Å². The molecule has 0 atom stereocenters. The van der Waals surface area contributed by atoms with E-state index < -0.39 is 10.1 Å². The van der Waals surface area contributed by atoms with E-state index in [1.807, 2.05) is 19.9 Å². The lowest BCUT2D eigenvalue weighted by molar-refractivity contribution is 0.483. The number of hydrogen-bond acceptors (Lipinski definition) is 2. The Kier molecular flexibility index (Phi) is 2.93. The summed E-state index contributed by atoms with van der Waals surface area (Å²) in [5.74, 6) is 0. The number of aryl methyl sites for hydroxylation is 2. The molecule has 0 saturated heterocycles. The van der Waals surface area contributed by atoms with E-state index in [1.54, 1.807) is 6.07 Å². The molecule has 4 heteroatoms. The van der Waals surface area contributed by atoms with Crippen molar-refractivity contribution < 1.29 is 13.0 Å². The molecule has 0 aromatic heterocycles. The fourth-order valence-corrected chi connectivity index (χ4v) is 2.50. The lowest BCUT2D eigenvalue weighted by Crippen LogP contribution is -1.98. The molecule has 0 fully saturated rings. The molecule has 1 N–H and O–H groups in total. The molecule has 0 aliphatic carbocycles. The van der Waals surface area contributed by atoms with Crippen LogP contribution >= 0.6 is 0 Å². The predicted molar refractivity (Wildman–Crippen MR) is 67.9 cm³/mol. The average Bonchev–Trinajstić information content (AvgIpc) is 2.27. The van der Waals surface area contributed by atoms with Crippen LogP contribution in [0.4, 0.5) is 0 Å². The normalized spacial score (nSPS) is 11.9. The Morgan fingerprint density at radius 2 is 1.88 bits per heavy atom. The Bertz CT molecular complexity index is 672. The zero-order valence-electron chi connectivity index (χ0n) is 9.77. The highest BCUT2D eigenvalue weighted by atomic mass is 32.2. The van der Waals surface area contributed by atoms with Crippen molar-refractivity contribution in [2.45, 2.75) is 25.2 Å². The second kappa shape index (κ2) is 4.13. The minimum Gasteiger partial charge on any atom is -0.282 e. The Morgan fingerprint density at radius 1 is 1.18 bits per heavy atom. The van der Waals surface area contributed by atoms with E-state index in [9.17, 15) is 8.42 Å². The maximum atomic E-state index is 11.1. The molecule has 0 bridgehead atoms. The van der Waals surface area contributed by atoms with Crippen molar-refractivity contribution in [3.63, 3.8) is 0 Å². The molecule has 0 amide bonds. The highest BCUT2D eigenvalue weighted by Gasteiger charge is 2.10. The molecule has 2 aromatic rings. The molecule has 0 aliphatic rings. The second-order valence-electron chi connectivity index (χ2n) is 4.12. The smallest absolute Gasteiger partial charge is 0.282 e. The zero-order chi connectivity index (χ0) is 12.6. The van der Waals surface area contributed by atoms with Crippen molar-refractivity contribution in [3.8, 4) is 0 Å². The van der Waals surface area contributed by atoms with Crippen LogP contribution in [-0.4, -0.2) is 13.0 Å². The number of benzene rings is 2. The molecule has 0 heterocycles. The molecule has 3 nitrogen and oxygen atoms in total. The molecule has 2 rings (SSSR count). The van der Waals surface area contributed by atoms with Gasteiger partial charge in [0.25, 0.3) is 10.1 Å². The van der Waals surface area contributed by atoms with Crippen molar-refractivity contribution in [2.24, 2.45) is 0 Å². The monoisotopic (exact) mass is 250 g/mol. The van der Waals surface area contributed by atoms with Gasteiger partial charge in [-0.1, -0.05) is 25.1 Å². The number of fused-ring (bicyclic) bond motifs is 1. The van der Waals surface area contributed by atoms with Gasteiger partial charge in [-0.25, -0.2) is 0 Å². The fraction of sp³-hybridized carbons (Fsp3) is 0.231. The van der Waals surface area contributed by atoms with E-state index in [1.165, 1.54) is 12.1 Å². The SMILES string of the molecule is CCc1cc(C)c2ccc(S(=O)(=O)O)cc2c1. The van der Waals surface area contributed by atoms with Gasteiger partial charge >= 0.3 is 0 Å². The summed E-state index contributed by atoms with van der Waals surface area (Å²) >= 11 is 0. The first-order chi connectivity index (χ1) is 7.91. The molecule has 0 radical (unpaired) electrons. The Hall–Kier alpha value is -1.39. The van der Waals surface area contributed by atoms with Gasteiger partial charge in [-0.05, 0) is 47.4 Å². The zero-order valence-corrected chi connectivity index (χ0v) is 10.6. The third-order valence-electron chi connectivity index (χ3n) is 2.90. The van der Waals surface area contributed by atoms with E-state index >= 15 is 0 Å². The first kappa shape index (κ1) is 12.1. The lowest BCUT2D eigenvalue weighted by atomic mass is 10.0. The summed E-state index contributed by atoms with van der Waals surface area (Å²) in [7, 11) is -4.13. The van der Waals surface area contributed by atoms with Crippen LogP contribution in [0.2, 0.25) is 0 Å². The van der Waals surface area contributed by atoms with Gasteiger partial charge < -0.3 is 0 Å². The Balaban J connectivity index is 2.76. The molecule has 17 heavy (non-hydrogen) atoms.